The number of aromatic nitrogens is 3. The Morgan fingerprint density at radius 2 is 2.14 bits per heavy atom. The Labute approximate surface area is 129 Å². The number of imidazole rings is 1. The largest absolute Gasteiger partial charge is 0.371 e. The number of sulfonamides is 1. The van der Waals surface area contributed by atoms with E-state index in [1.54, 1.807) is 36.1 Å². The summed E-state index contributed by atoms with van der Waals surface area (Å²) < 4.78 is 29.5. The van der Waals surface area contributed by atoms with Crippen molar-refractivity contribution in [1.82, 2.24) is 19.1 Å². The molecular weight excluding hydrogens is 330 g/mol. The molecular formula is C11H13N5O2S3. The van der Waals surface area contributed by atoms with Crippen molar-refractivity contribution in [3.05, 3.63) is 28.2 Å². The van der Waals surface area contributed by atoms with E-state index in [-0.39, 0.29) is 5.03 Å². The standard InChI is InChI=1S/C11H13N5O2S3/c1-7(9-13-3-5-19-9)15-21(17,18)10-8(12-2)14-11-16(10)4-6-20-11/h3-7,12,15H,1-2H3. The van der Waals surface area contributed by atoms with E-state index in [4.69, 9.17) is 0 Å². The van der Waals surface area contributed by atoms with Crippen LogP contribution in [0.4, 0.5) is 5.82 Å². The van der Waals surface area contributed by atoms with E-state index in [0.29, 0.717) is 10.8 Å². The number of hydrogen-bond donors (Lipinski definition) is 2. The molecule has 10 heteroatoms. The smallest absolute Gasteiger partial charge is 0.261 e. The summed E-state index contributed by atoms with van der Waals surface area (Å²) in [6, 6.07) is -0.399. The van der Waals surface area contributed by atoms with E-state index >= 15 is 0 Å². The highest BCUT2D eigenvalue weighted by Crippen LogP contribution is 2.27. The molecule has 0 radical (unpaired) electrons. The molecule has 0 aliphatic carbocycles. The van der Waals surface area contributed by atoms with Gasteiger partial charge in [0.2, 0.25) is 0 Å². The minimum absolute atomic E-state index is 0.115. The zero-order valence-electron chi connectivity index (χ0n) is 11.3. The van der Waals surface area contributed by atoms with Gasteiger partial charge in [-0.1, -0.05) is 0 Å². The van der Waals surface area contributed by atoms with Crippen LogP contribution in [0.15, 0.2) is 28.2 Å². The number of thiazole rings is 2. The van der Waals surface area contributed by atoms with Crippen molar-refractivity contribution in [2.75, 3.05) is 12.4 Å². The van der Waals surface area contributed by atoms with Crippen LogP contribution < -0.4 is 10.0 Å². The fourth-order valence-electron chi connectivity index (χ4n) is 1.97. The van der Waals surface area contributed by atoms with Crippen LogP contribution in [0.1, 0.15) is 18.0 Å². The van der Waals surface area contributed by atoms with Crippen LogP contribution in [0.2, 0.25) is 0 Å². The van der Waals surface area contributed by atoms with Gasteiger partial charge >= 0.3 is 0 Å². The molecule has 3 aromatic heterocycles. The number of anilines is 1. The van der Waals surface area contributed by atoms with Crippen molar-refractivity contribution in [3.63, 3.8) is 0 Å². The van der Waals surface area contributed by atoms with E-state index in [2.05, 4.69) is 20.0 Å². The van der Waals surface area contributed by atoms with Crippen molar-refractivity contribution in [2.45, 2.75) is 18.0 Å². The van der Waals surface area contributed by atoms with Gasteiger partial charge in [-0.15, -0.1) is 22.7 Å². The molecule has 3 rings (SSSR count). The number of hydrogen-bond acceptors (Lipinski definition) is 7. The maximum absolute atomic E-state index is 12.7. The fraction of sp³-hybridized carbons (Fsp3) is 0.273. The highest BCUT2D eigenvalue weighted by atomic mass is 32.2. The first-order valence-corrected chi connectivity index (χ1v) is 9.32. The van der Waals surface area contributed by atoms with Crippen LogP contribution in [0.3, 0.4) is 0 Å². The molecule has 0 aromatic carbocycles. The Morgan fingerprint density at radius 1 is 1.33 bits per heavy atom. The minimum atomic E-state index is -3.72. The molecule has 3 heterocycles. The lowest BCUT2D eigenvalue weighted by Gasteiger charge is -2.12. The lowest BCUT2D eigenvalue weighted by Crippen LogP contribution is -2.28. The highest BCUT2D eigenvalue weighted by Gasteiger charge is 2.27. The summed E-state index contributed by atoms with van der Waals surface area (Å²) in [6.45, 7) is 1.77. The monoisotopic (exact) mass is 343 g/mol. The Hall–Kier alpha value is -1.49. The molecule has 0 aliphatic rings. The van der Waals surface area contributed by atoms with E-state index in [9.17, 15) is 8.42 Å². The summed E-state index contributed by atoms with van der Waals surface area (Å²) in [6.07, 6.45) is 3.34. The quantitative estimate of drug-likeness (QED) is 0.739. The van der Waals surface area contributed by atoms with Crippen LogP contribution in [-0.4, -0.2) is 29.8 Å². The predicted molar refractivity (Wildman–Crippen MR) is 83.5 cm³/mol. The lowest BCUT2D eigenvalue weighted by atomic mass is 10.4. The molecule has 112 valence electrons. The molecule has 0 aliphatic heterocycles. The fourth-order valence-corrected chi connectivity index (χ4v) is 4.96. The predicted octanol–water partition coefficient (Wildman–Crippen LogP) is 1.93. The number of nitrogens with zero attached hydrogens (tertiary/aromatic N) is 3. The SMILES string of the molecule is CNc1nc2sccn2c1S(=O)(=O)NC(C)c1nccs1. The van der Waals surface area contributed by atoms with E-state index in [1.165, 1.54) is 22.7 Å². The van der Waals surface area contributed by atoms with Gasteiger partial charge in [0.15, 0.2) is 15.8 Å². The summed E-state index contributed by atoms with van der Waals surface area (Å²) >= 11 is 2.79. The molecule has 21 heavy (non-hydrogen) atoms. The van der Waals surface area contributed by atoms with Crippen LogP contribution in [-0.2, 0) is 10.0 Å². The third-order valence-corrected chi connectivity index (χ3v) is 6.14. The molecule has 0 bridgehead atoms. The normalized spacial score (nSPS) is 13.6. The molecule has 0 saturated heterocycles. The van der Waals surface area contributed by atoms with Gasteiger partial charge in [0, 0.05) is 30.2 Å². The molecule has 1 unspecified atom stereocenters. The zero-order valence-corrected chi connectivity index (χ0v) is 13.7. The first-order valence-electron chi connectivity index (χ1n) is 6.08. The zero-order chi connectivity index (χ0) is 15.0. The van der Waals surface area contributed by atoms with Gasteiger partial charge in [-0.2, -0.15) is 0 Å². The number of nitrogens with one attached hydrogen (secondary N) is 2. The molecule has 0 amide bonds. The average Bonchev–Trinajstić information content (AvgIpc) is 3.13. The van der Waals surface area contributed by atoms with Crippen molar-refractivity contribution in [2.24, 2.45) is 0 Å². The number of fused-ring (bicyclic) bond motifs is 1. The second-order valence-corrected chi connectivity index (χ2v) is 7.71. The topological polar surface area (TPSA) is 88.4 Å². The average molecular weight is 343 g/mol. The Kier molecular flexibility index (Phi) is 3.69. The van der Waals surface area contributed by atoms with Gasteiger partial charge in [0.1, 0.15) is 5.01 Å². The van der Waals surface area contributed by atoms with Gasteiger partial charge in [-0.25, -0.2) is 23.1 Å². The summed E-state index contributed by atoms with van der Waals surface area (Å²) in [4.78, 5) is 9.02. The maximum Gasteiger partial charge on any atom is 0.261 e. The molecule has 2 N–H and O–H groups in total. The Morgan fingerprint density at radius 3 is 2.81 bits per heavy atom. The second-order valence-electron chi connectivity index (χ2n) is 4.28. The van der Waals surface area contributed by atoms with E-state index < -0.39 is 16.1 Å². The van der Waals surface area contributed by atoms with Crippen molar-refractivity contribution in [3.8, 4) is 0 Å². The third kappa shape index (κ3) is 2.55. The van der Waals surface area contributed by atoms with Crippen molar-refractivity contribution >= 4 is 43.5 Å². The summed E-state index contributed by atoms with van der Waals surface area (Å²) in [7, 11) is -2.07. The summed E-state index contributed by atoms with van der Waals surface area (Å²) in [5, 5.41) is 7.27. The minimum Gasteiger partial charge on any atom is -0.371 e. The molecule has 1 atom stereocenters. The van der Waals surface area contributed by atoms with Gasteiger partial charge in [-0.3, -0.25) is 4.40 Å². The molecule has 3 aromatic rings. The van der Waals surface area contributed by atoms with Gasteiger partial charge in [0.25, 0.3) is 10.0 Å². The highest BCUT2D eigenvalue weighted by molar-refractivity contribution is 7.89. The first-order chi connectivity index (χ1) is 10.0. The van der Waals surface area contributed by atoms with Crippen LogP contribution >= 0.6 is 22.7 Å². The van der Waals surface area contributed by atoms with Gasteiger partial charge in [-0.05, 0) is 6.92 Å². The van der Waals surface area contributed by atoms with Crippen LogP contribution in [0, 0.1) is 0 Å². The van der Waals surface area contributed by atoms with Crippen molar-refractivity contribution < 1.29 is 8.42 Å². The third-order valence-electron chi connectivity index (χ3n) is 2.86. The van der Waals surface area contributed by atoms with Crippen LogP contribution in [0.25, 0.3) is 4.96 Å². The van der Waals surface area contributed by atoms with Crippen LogP contribution in [0.5, 0.6) is 0 Å². The molecule has 0 saturated carbocycles. The Bertz CT molecular complexity index is 850. The molecule has 0 fully saturated rings. The second kappa shape index (κ2) is 5.37. The van der Waals surface area contributed by atoms with Gasteiger partial charge in [0.05, 0.1) is 6.04 Å². The lowest BCUT2D eigenvalue weighted by molar-refractivity contribution is 0.562. The molecule has 7 nitrogen and oxygen atoms in total. The molecule has 0 spiro atoms. The van der Waals surface area contributed by atoms with Crippen molar-refractivity contribution in [1.29, 1.82) is 0 Å². The number of rotatable bonds is 5. The summed E-state index contributed by atoms with van der Waals surface area (Å²) in [5.74, 6) is 0.334. The Balaban J connectivity index is 2.02. The maximum atomic E-state index is 12.7. The van der Waals surface area contributed by atoms with E-state index in [0.717, 1.165) is 5.01 Å². The van der Waals surface area contributed by atoms with Gasteiger partial charge < -0.3 is 5.32 Å². The van der Waals surface area contributed by atoms with E-state index in [1.807, 2.05) is 5.38 Å². The first kappa shape index (κ1) is 14.4. The summed E-state index contributed by atoms with van der Waals surface area (Å²) in [5.41, 5.74) is 0.